The molecule has 0 unspecified atom stereocenters. The summed E-state index contributed by atoms with van der Waals surface area (Å²) in [4.78, 5) is 23.9. The topological polar surface area (TPSA) is 58.2 Å². The molecule has 2 N–H and O–H groups in total. The van der Waals surface area contributed by atoms with Gasteiger partial charge in [-0.3, -0.25) is 9.59 Å². The van der Waals surface area contributed by atoms with Crippen LogP contribution in [0.1, 0.15) is 50.7 Å². The minimum atomic E-state index is -0.544. The summed E-state index contributed by atoms with van der Waals surface area (Å²) in [6.07, 6.45) is 5.43. The first-order chi connectivity index (χ1) is 10.6. The maximum Gasteiger partial charge on any atom is 0.309 e. The third kappa shape index (κ3) is 4.58. The lowest BCUT2D eigenvalue weighted by molar-refractivity contribution is -0.140. The Morgan fingerprint density at radius 2 is 1.68 bits per heavy atom. The molecule has 1 aliphatic carbocycles. The maximum absolute atomic E-state index is 12.0. The van der Waals surface area contributed by atoms with Gasteiger partial charge in [0, 0.05) is 12.6 Å². The van der Waals surface area contributed by atoms with E-state index in [-0.39, 0.29) is 6.04 Å². The number of nitrogens with one attached hydrogen (secondary N) is 2. The monoisotopic (exact) mass is 302 g/mol. The van der Waals surface area contributed by atoms with E-state index in [1.807, 2.05) is 24.3 Å². The highest BCUT2D eigenvalue weighted by Gasteiger charge is 2.25. The number of rotatable bonds is 4. The van der Waals surface area contributed by atoms with E-state index in [0.29, 0.717) is 12.5 Å². The Balaban J connectivity index is 1.79. The van der Waals surface area contributed by atoms with Gasteiger partial charge in [0.25, 0.3) is 0 Å². The molecule has 0 bridgehead atoms. The van der Waals surface area contributed by atoms with Gasteiger partial charge in [-0.25, -0.2) is 0 Å². The molecule has 0 aromatic heterocycles. The van der Waals surface area contributed by atoms with Gasteiger partial charge in [0.15, 0.2) is 0 Å². The molecule has 2 amide bonds. The van der Waals surface area contributed by atoms with Crippen LogP contribution in [0.3, 0.4) is 0 Å². The zero-order valence-corrected chi connectivity index (χ0v) is 13.5. The van der Waals surface area contributed by atoms with E-state index in [1.54, 1.807) is 0 Å². The fraction of sp³-hybridized carbons (Fsp3) is 0.556. The average Bonchev–Trinajstić information content (AvgIpc) is 2.55. The highest BCUT2D eigenvalue weighted by atomic mass is 16.2. The minimum absolute atomic E-state index is 0.135. The van der Waals surface area contributed by atoms with Crippen LogP contribution >= 0.6 is 0 Å². The van der Waals surface area contributed by atoms with Crippen LogP contribution < -0.4 is 10.6 Å². The lowest BCUT2D eigenvalue weighted by atomic mass is 9.86. The molecule has 1 aromatic carbocycles. The van der Waals surface area contributed by atoms with Crippen LogP contribution in [0.2, 0.25) is 0 Å². The lowest BCUT2D eigenvalue weighted by Gasteiger charge is -2.29. The van der Waals surface area contributed by atoms with Gasteiger partial charge in [0.2, 0.25) is 0 Å². The van der Waals surface area contributed by atoms with E-state index < -0.39 is 11.8 Å². The fourth-order valence-electron chi connectivity index (χ4n) is 2.92. The average molecular weight is 302 g/mol. The fourth-order valence-corrected chi connectivity index (χ4v) is 2.92. The second kappa shape index (κ2) is 7.97. The van der Waals surface area contributed by atoms with Crippen molar-refractivity contribution in [2.45, 2.75) is 58.5 Å². The number of aryl methyl sites for hydroxylation is 1. The Bertz CT molecular complexity index is 510. The Labute approximate surface area is 132 Å². The molecule has 2 rings (SSSR count). The van der Waals surface area contributed by atoms with Crippen LogP contribution in [0, 0.1) is 5.92 Å². The summed E-state index contributed by atoms with van der Waals surface area (Å²) in [5.41, 5.74) is 2.27. The van der Waals surface area contributed by atoms with Crippen molar-refractivity contribution >= 4 is 11.8 Å². The van der Waals surface area contributed by atoms with Crippen molar-refractivity contribution in [3.63, 3.8) is 0 Å². The first-order valence-electron chi connectivity index (χ1n) is 8.26. The molecule has 0 aliphatic heterocycles. The van der Waals surface area contributed by atoms with Crippen LogP contribution in [0.5, 0.6) is 0 Å². The standard InChI is InChI=1S/C18H26N2O2/c1-3-14-8-10-15(11-9-14)12-19-17(21)18(22)20-16-7-5-4-6-13(16)2/h8-11,13,16H,3-7,12H2,1-2H3,(H,19,21)(H,20,22)/t13-,16+/m1/s1. The van der Waals surface area contributed by atoms with Crippen LogP contribution in [0.4, 0.5) is 0 Å². The molecule has 4 heteroatoms. The molecular weight excluding hydrogens is 276 g/mol. The summed E-state index contributed by atoms with van der Waals surface area (Å²) in [5.74, 6) is -0.603. The Morgan fingerprint density at radius 3 is 2.32 bits per heavy atom. The Hall–Kier alpha value is -1.84. The van der Waals surface area contributed by atoms with Crippen LogP contribution in [0.25, 0.3) is 0 Å². The number of hydrogen-bond donors (Lipinski definition) is 2. The maximum atomic E-state index is 12.0. The molecule has 1 saturated carbocycles. The van der Waals surface area contributed by atoms with Gasteiger partial charge in [-0.2, -0.15) is 0 Å². The van der Waals surface area contributed by atoms with E-state index in [2.05, 4.69) is 24.5 Å². The summed E-state index contributed by atoms with van der Waals surface area (Å²) < 4.78 is 0. The highest BCUT2D eigenvalue weighted by Crippen LogP contribution is 2.23. The molecule has 1 aromatic rings. The molecule has 4 nitrogen and oxygen atoms in total. The lowest BCUT2D eigenvalue weighted by Crippen LogP contribution is -2.47. The summed E-state index contributed by atoms with van der Waals surface area (Å²) in [6, 6.07) is 8.20. The molecule has 1 aliphatic rings. The molecule has 0 radical (unpaired) electrons. The second-order valence-corrected chi connectivity index (χ2v) is 6.19. The SMILES string of the molecule is CCc1ccc(CNC(=O)C(=O)N[C@H]2CCCC[C@H]2C)cc1. The van der Waals surface area contributed by atoms with Crippen molar-refractivity contribution in [1.82, 2.24) is 10.6 Å². The zero-order chi connectivity index (χ0) is 15.9. The van der Waals surface area contributed by atoms with E-state index in [4.69, 9.17) is 0 Å². The molecule has 0 heterocycles. The molecule has 120 valence electrons. The van der Waals surface area contributed by atoms with Crippen molar-refractivity contribution in [3.8, 4) is 0 Å². The second-order valence-electron chi connectivity index (χ2n) is 6.19. The van der Waals surface area contributed by atoms with E-state index in [9.17, 15) is 9.59 Å². The van der Waals surface area contributed by atoms with E-state index >= 15 is 0 Å². The largest absolute Gasteiger partial charge is 0.345 e. The van der Waals surface area contributed by atoms with Crippen molar-refractivity contribution in [1.29, 1.82) is 0 Å². The van der Waals surface area contributed by atoms with Gasteiger partial charge in [-0.05, 0) is 36.3 Å². The number of benzene rings is 1. The zero-order valence-electron chi connectivity index (χ0n) is 13.5. The van der Waals surface area contributed by atoms with Crippen molar-refractivity contribution in [3.05, 3.63) is 35.4 Å². The summed E-state index contributed by atoms with van der Waals surface area (Å²) in [7, 11) is 0. The molecule has 22 heavy (non-hydrogen) atoms. The van der Waals surface area contributed by atoms with Crippen molar-refractivity contribution in [2.24, 2.45) is 5.92 Å². The van der Waals surface area contributed by atoms with Gasteiger partial charge >= 0.3 is 11.8 Å². The molecule has 2 atom stereocenters. The Morgan fingerprint density at radius 1 is 1.05 bits per heavy atom. The van der Waals surface area contributed by atoms with Crippen LogP contribution in [0.15, 0.2) is 24.3 Å². The smallest absolute Gasteiger partial charge is 0.309 e. The van der Waals surface area contributed by atoms with Crippen LogP contribution in [-0.4, -0.2) is 17.9 Å². The molecule has 0 saturated heterocycles. The quantitative estimate of drug-likeness (QED) is 0.840. The summed E-state index contributed by atoms with van der Waals surface area (Å²) in [5, 5.41) is 5.56. The Kier molecular flexibility index (Phi) is 5.99. The molecule has 1 fully saturated rings. The highest BCUT2D eigenvalue weighted by molar-refractivity contribution is 6.35. The number of hydrogen-bond acceptors (Lipinski definition) is 2. The normalized spacial score (nSPS) is 21.2. The summed E-state index contributed by atoms with van der Waals surface area (Å²) in [6.45, 7) is 4.63. The number of carbonyl (C=O) groups is 2. The first-order valence-corrected chi connectivity index (χ1v) is 8.26. The summed E-state index contributed by atoms with van der Waals surface area (Å²) >= 11 is 0. The minimum Gasteiger partial charge on any atom is -0.345 e. The van der Waals surface area contributed by atoms with Gasteiger partial charge < -0.3 is 10.6 Å². The third-order valence-electron chi connectivity index (χ3n) is 4.52. The van der Waals surface area contributed by atoms with E-state index in [1.165, 1.54) is 12.0 Å². The number of amides is 2. The van der Waals surface area contributed by atoms with Crippen molar-refractivity contribution < 1.29 is 9.59 Å². The molecular formula is C18H26N2O2. The first kappa shape index (κ1) is 16.5. The van der Waals surface area contributed by atoms with Gasteiger partial charge in [-0.15, -0.1) is 0 Å². The van der Waals surface area contributed by atoms with Gasteiger partial charge in [-0.1, -0.05) is 51.0 Å². The number of carbonyl (C=O) groups excluding carboxylic acids is 2. The van der Waals surface area contributed by atoms with Crippen molar-refractivity contribution in [2.75, 3.05) is 0 Å². The van der Waals surface area contributed by atoms with Gasteiger partial charge in [0.1, 0.15) is 0 Å². The predicted molar refractivity (Wildman–Crippen MR) is 87.2 cm³/mol. The predicted octanol–water partition coefficient (Wildman–Crippen LogP) is 2.56. The van der Waals surface area contributed by atoms with Gasteiger partial charge in [0.05, 0.1) is 0 Å². The van der Waals surface area contributed by atoms with E-state index in [0.717, 1.165) is 31.2 Å². The molecule has 0 spiro atoms. The van der Waals surface area contributed by atoms with Crippen LogP contribution in [-0.2, 0) is 22.6 Å². The third-order valence-corrected chi connectivity index (χ3v) is 4.52.